The van der Waals surface area contributed by atoms with E-state index in [2.05, 4.69) is 16.9 Å². The Morgan fingerprint density at radius 1 is 1.03 bits per heavy atom. The van der Waals surface area contributed by atoms with Gasteiger partial charge in [0.05, 0.1) is 5.57 Å². The number of rotatable bonds is 9. The van der Waals surface area contributed by atoms with Crippen molar-refractivity contribution in [2.24, 2.45) is 0 Å². The number of aromatic amines is 1. The number of aliphatic hydroxyl groups excluding tert-OH is 1. The number of nitrogens with one attached hydrogen (secondary N) is 2. The summed E-state index contributed by atoms with van der Waals surface area (Å²) in [7, 11) is 1.74. The monoisotopic (exact) mass is 470 g/mol. The number of hydrogen-bond acceptors (Lipinski definition) is 5. The van der Waals surface area contributed by atoms with E-state index in [1.165, 1.54) is 0 Å². The van der Waals surface area contributed by atoms with Gasteiger partial charge in [-0.2, -0.15) is 0 Å². The lowest BCUT2D eigenvalue weighted by Crippen LogP contribution is -2.13. The molecule has 0 aliphatic rings. The van der Waals surface area contributed by atoms with E-state index < -0.39 is 17.8 Å². The van der Waals surface area contributed by atoms with Crippen molar-refractivity contribution in [2.45, 2.75) is 5.92 Å². The molecule has 0 bridgehead atoms. The van der Waals surface area contributed by atoms with Crippen LogP contribution in [0.1, 0.15) is 33.1 Å². The molecule has 1 heterocycles. The van der Waals surface area contributed by atoms with Gasteiger partial charge in [0.25, 0.3) is 5.95 Å². The van der Waals surface area contributed by atoms with E-state index in [-0.39, 0.29) is 11.3 Å². The van der Waals surface area contributed by atoms with Gasteiger partial charge in [0.2, 0.25) is 0 Å². The number of ether oxygens (including phenoxy) is 1. The van der Waals surface area contributed by atoms with Gasteiger partial charge in [0, 0.05) is 40.7 Å². The molecule has 0 saturated heterocycles. The van der Waals surface area contributed by atoms with Crippen LogP contribution >= 0.6 is 0 Å². The quantitative estimate of drug-likeness (QED) is 0.149. The smallest absolute Gasteiger partial charge is 0.352 e. The molecule has 0 amide bonds. The molecule has 4 rings (SSSR count). The van der Waals surface area contributed by atoms with Crippen LogP contribution in [0.25, 0.3) is 16.5 Å². The second-order valence-electron chi connectivity index (χ2n) is 7.90. The van der Waals surface area contributed by atoms with Gasteiger partial charge in [-0.15, -0.1) is 0 Å². The first-order valence-electron chi connectivity index (χ1n) is 11.0. The molecule has 0 aliphatic heterocycles. The summed E-state index contributed by atoms with van der Waals surface area (Å²) in [6.07, 6.45) is 1.64. The number of H-pyrrole nitrogens is 1. The van der Waals surface area contributed by atoms with E-state index in [1.54, 1.807) is 55.6 Å². The molecule has 178 valence electrons. The summed E-state index contributed by atoms with van der Waals surface area (Å²) in [5, 5.41) is 35.0. The number of benzene rings is 3. The first kappa shape index (κ1) is 23.5. The normalized spacial score (nSPS) is 11.6. The molecule has 7 nitrogen and oxygen atoms in total. The molecule has 4 aromatic rings. The number of hydrogen-bond donors (Lipinski definition) is 5. The van der Waals surface area contributed by atoms with Crippen LogP contribution in [0, 0.1) is 0 Å². The van der Waals surface area contributed by atoms with E-state index in [1.807, 2.05) is 30.3 Å². The zero-order valence-electron chi connectivity index (χ0n) is 19.2. The zero-order chi connectivity index (χ0) is 24.9. The van der Waals surface area contributed by atoms with Gasteiger partial charge in [-0.25, -0.2) is 4.79 Å². The van der Waals surface area contributed by atoms with E-state index in [4.69, 9.17) is 4.74 Å². The lowest BCUT2D eigenvalue weighted by Gasteiger charge is -2.24. The van der Waals surface area contributed by atoms with Crippen molar-refractivity contribution in [3.05, 3.63) is 114 Å². The first-order valence-corrected chi connectivity index (χ1v) is 11.0. The van der Waals surface area contributed by atoms with Crippen molar-refractivity contribution >= 4 is 28.1 Å². The molecule has 0 aliphatic carbocycles. The Balaban J connectivity index is 2.03. The average molecular weight is 471 g/mol. The number of carboxylic acid groups (broad SMARTS) is 1. The summed E-state index contributed by atoms with van der Waals surface area (Å²) in [6.45, 7) is 3.99. The van der Waals surface area contributed by atoms with Crippen LogP contribution in [-0.2, 0) is 0 Å². The zero-order valence-corrected chi connectivity index (χ0v) is 19.2. The fourth-order valence-electron chi connectivity index (χ4n) is 4.36. The van der Waals surface area contributed by atoms with Gasteiger partial charge in [-0.3, -0.25) is 0 Å². The number of aliphatic hydroxyl groups is 2. The first-order chi connectivity index (χ1) is 17.0. The minimum atomic E-state index is -1.15. The molecule has 0 radical (unpaired) electrons. The van der Waals surface area contributed by atoms with Gasteiger partial charge in [-0.1, -0.05) is 61.2 Å². The number of aromatic nitrogens is 1. The van der Waals surface area contributed by atoms with Crippen molar-refractivity contribution in [1.29, 1.82) is 0 Å². The van der Waals surface area contributed by atoms with Crippen molar-refractivity contribution in [3.63, 3.8) is 0 Å². The number of allylic oxidation sites excluding steroid dienone is 1. The summed E-state index contributed by atoms with van der Waals surface area (Å²) < 4.78 is 5.60. The van der Waals surface area contributed by atoms with Crippen molar-refractivity contribution in [3.8, 4) is 5.75 Å². The molecule has 1 aromatic heterocycles. The number of carboxylic acids is 1. The number of para-hydroxylation sites is 2. The molecule has 5 N–H and O–H groups in total. The van der Waals surface area contributed by atoms with E-state index in [9.17, 15) is 20.1 Å². The molecule has 1 unspecified atom stereocenters. The Morgan fingerprint density at radius 2 is 1.71 bits per heavy atom. The predicted octanol–water partition coefficient (Wildman–Crippen LogP) is 6.09. The summed E-state index contributed by atoms with van der Waals surface area (Å²) in [6, 6.07) is 21.5. The second kappa shape index (κ2) is 10.1. The lowest BCUT2D eigenvalue weighted by molar-refractivity contribution is 0.0690. The van der Waals surface area contributed by atoms with Crippen LogP contribution in [-0.4, -0.2) is 39.9 Å². The van der Waals surface area contributed by atoms with Crippen LogP contribution in [0.15, 0.2) is 91.4 Å². The third kappa shape index (κ3) is 4.56. The van der Waals surface area contributed by atoms with Crippen LogP contribution in [0.4, 0.5) is 5.69 Å². The van der Waals surface area contributed by atoms with Gasteiger partial charge in [0.1, 0.15) is 18.1 Å². The maximum absolute atomic E-state index is 12.3. The van der Waals surface area contributed by atoms with Gasteiger partial charge in [-0.05, 0) is 29.8 Å². The Bertz CT molecular complexity index is 1400. The number of fused-ring (bicyclic) bond motifs is 1. The third-order valence-electron chi connectivity index (χ3n) is 5.85. The number of aromatic carboxylic acids is 1. The lowest BCUT2D eigenvalue weighted by atomic mass is 9.80. The highest BCUT2D eigenvalue weighted by molar-refractivity contribution is 6.00. The summed E-state index contributed by atoms with van der Waals surface area (Å²) in [5.41, 5.74) is 3.06. The van der Waals surface area contributed by atoms with Crippen LogP contribution in [0.2, 0.25) is 0 Å². The van der Waals surface area contributed by atoms with Crippen LogP contribution < -0.4 is 10.1 Å². The van der Waals surface area contributed by atoms with Crippen LogP contribution in [0.3, 0.4) is 0 Å². The summed E-state index contributed by atoms with van der Waals surface area (Å²) in [5.74, 6) is -2.26. The maximum atomic E-state index is 12.3. The predicted molar refractivity (Wildman–Crippen MR) is 137 cm³/mol. The van der Waals surface area contributed by atoms with E-state index in [0.29, 0.717) is 45.6 Å². The Labute approximate surface area is 202 Å². The Kier molecular flexibility index (Phi) is 6.78. The largest absolute Gasteiger partial charge is 0.490 e. The molecule has 7 heteroatoms. The Hall–Kier alpha value is -4.65. The van der Waals surface area contributed by atoms with Crippen molar-refractivity contribution < 1.29 is 24.9 Å². The molecule has 1 atom stereocenters. The number of carbonyl (C=O) groups is 1. The molecular weight excluding hydrogens is 444 g/mol. The van der Waals surface area contributed by atoms with Crippen LogP contribution in [0.5, 0.6) is 5.75 Å². The van der Waals surface area contributed by atoms with Crippen molar-refractivity contribution in [1.82, 2.24) is 4.98 Å². The average Bonchev–Trinajstić information content (AvgIpc) is 3.26. The Morgan fingerprint density at radius 3 is 2.37 bits per heavy atom. The minimum Gasteiger partial charge on any atom is -0.490 e. The molecule has 0 spiro atoms. The van der Waals surface area contributed by atoms with Gasteiger partial charge < -0.3 is 30.4 Å². The highest BCUT2D eigenvalue weighted by Gasteiger charge is 2.32. The molecular formula is C28H26N2O5. The van der Waals surface area contributed by atoms with Gasteiger partial charge in [0.15, 0.2) is 0 Å². The highest BCUT2D eigenvalue weighted by Crippen LogP contribution is 2.45. The molecule has 35 heavy (non-hydrogen) atoms. The standard InChI is InChI=1S/C28H26N2O5/c1-3-16-35-18-14-12-17(13-15-18)23(25(27(31)32)19-8-4-6-10-21(19)29-2)24-20-9-5-7-11-22(20)30-26(24)28(33)34/h3-15,23,29-32H,1,16H2,2H3,(H,33,34). The fourth-order valence-corrected chi connectivity index (χ4v) is 4.36. The third-order valence-corrected chi connectivity index (χ3v) is 5.85. The molecule has 0 saturated carbocycles. The molecule has 0 fully saturated rings. The summed E-state index contributed by atoms with van der Waals surface area (Å²) >= 11 is 0. The summed E-state index contributed by atoms with van der Waals surface area (Å²) in [4.78, 5) is 15.3. The second-order valence-corrected chi connectivity index (χ2v) is 7.90. The number of anilines is 1. The topological polar surface area (TPSA) is 115 Å². The fraction of sp³-hybridized carbons (Fsp3) is 0.107. The highest BCUT2D eigenvalue weighted by atomic mass is 16.5. The van der Waals surface area contributed by atoms with E-state index in [0.717, 1.165) is 0 Å². The maximum Gasteiger partial charge on any atom is 0.352 e. The molecule has 3 aromatic carbocycles. The minimum absolute atomic E-state index is 0.0242. The SMILES string of the molecule is C=CCOc1ccc(C(C(=C(O)O)c2ccccc2NC)c2c(C(=O)O)[nH]c3ccccc23)cc1. The van der Waals surface area contributed by atoms with E-state index >= 15 is 0 Å². The van der Waals surface area contributed by atoms with Crippen molar-refractivity contribution in [2.75, 3.05) is 19.0 Å². The van der Waals surface area contributed by atoms with Gasteiger partial charge >= 0.3 is 5.97 Å².